The van der Waals surface area contributed by atoms with Crippen LogP contribution in [0, 0.1) is 10.8 Å². The van der Waals surface area contributed by atoms with Crippen molar-refractivity contribution in [3.05, 3.63) is 0 Å². The molecule has 0 amide bonds. The normalized spacial score (nSPS) is 19.7. The summed E-state index contributed by atoms with van der Waals surface area (Å²) in [6.45, 7) is 15.9. The molecule has 0 spiro atoms. The summed E-state index contributed by atoms with van der Waals surface area (Å²) in [7, 11) is 0. The van der Waals surface area contributed by atoms with Gasteiger partial charge in [-0.15, -0.1) is 0 Å². The van der Waals surface area contributed by atoms with Gasteiger partial charge in [-0.1, -0.05) is 0 Å². The van der Waals surface area contributed by atoms with Crippen molar-refractivity contribution in [1.82, 2.24) is 0 Å². The largest absolute Gasteiger partial charge is 0.391 e. The Morgan fingerprint density at radius 1 is 0.306 bits per heavy atom. The second-order valence-electron chi connectivity index (χ2n) is 14.0. The minimum absolute atomic E-state index is 0.110. The zero-order valence-corrected chi connectivity index (χ0v) is 31.3. The van der Waals surface area contributed by atoms with E-state index in [4.69, 9.17) is 42.6 Å². The lowest BCUT2D eigenvalue weighted by atomic mass is 9.92. The Hall–Kier alpha value is -0.600. The van der Waals surface area contributed by atoms with Crippen molar-refractivity contribution >= 4 is 0 Å². The Kier molecular flexibility index (Phi) is 27.6. The number of hydrogen-bond donors (Lipinski definition) is 6. The molecule has 296 valence electrons. The van der Waals surface area contributed by atoms with E-state index in [9.17, 15) is 30.6 Å². The lowest BCUT2D eigenvalue weighted by Gasteiger charge is -2.34. The van der Waals surface area contributed by atoms with Gasteiger partial charge in [0.2, 0.25) is 0 Å². The van der Waals surface area contributed by atoms with Gasteiger partial charge in [-0.3, -0.25) is 0 Å². The van der Waals surface area contributed by atoms with Gasteiger partial charge in [0.05, 0.1) is 165 Å². The van der Waals surface area contributed by atoms with E-state index in [1.807, 2.05) is 13.8 Å². The molecule has 6 N–H and O–H groups in total. The van der Waals surface area contributed by atoms with Crippen LogP contribution in [0.25, 0.3) is 0 Å². The van der Waals surface area contributed by atoms with Crippen LogP contribution >= 0.6 is 0 Å². The van der Waals surface area contributed by atoms with Crippen LogP contribution < -0.4 is 0 Å². The molecule has 0 bridgehead atoms. The van der Waals surface area contributed by atoms with Gasteiger partial charge < -0.3 is 73.3 Å². The van der Waals surface area contributed by atoms with Gasteiger partial charge in [-0.25, -0.2) is 0 Å². The van der Waals surface area contributed by atoms with Crippen LogP contribution in [0.4, 0.5) is 0 Å². The molecule has 8 unspecified atom stereocenters. The van der Waals surface area contributed by atoms with Crippen LogP contribution in [0.5, 0.6) is 0 Å². The van der Waals surface area contributed by atoms with E-state index in [1.165, 1.54) is 0 Å². The molecule has 0 fully saturated rings. The molecule has 15 nitrogen and oxygen atoms in total. The highest BCUT2D eigenvalue weighted by atomic mass is 16.6. The maximum atomic E-state index is 9.70. The maximum Gasteiger partial charge on any atom is 0.0785 e. The Morgan fingerprint density at radius 2 is 0.469 bits per heavy atom. The number of hydrogen-bond acceptors (Lipinski definition) is 15. The first-order valence-corrected chi connectivity index (χ1v) is 17.4. The summed E-state index contributed by atoms with van der Waals surface area (Å²) in [5.41, 5.74) is -1.56. The third-order valence-electron chi connectivity index (χ3n) is 6.59. The first-order valence-electron chi connectivity index (χ1n) is 17.4. The number of aliphatic hydroxyl groups is 6. The summed E-state index contributed by atoms with van der Waals surface area (Å²) >= 11 is 0. The van der Waals surface area contributed by atoms with Gasteiger partial charge in [0.25, 0.3) is 0 Å². The van der Waals surface area contributed by atoms with Crippen molar-refractivity contribution in [2.24, 2.45) is 10.8 Å². The summed E-state index contributed by atoms with van der Waals surface area (Å²) in [4.78, 5) is 0. The minimum Gasteiger partial charge on any atom is -0.391 e. The zero-order chi connectivity index (χ0) is 37.3. The van der Waals surface area contributed by atoms with Crippen LogP contribution in [0.15, 0.2) is 0 Å². The van der Waals surface area contributed by atoms with Crippen molar-refractivity contribution in [1.29, 1.82) is 0 Å². The van der Waals surface area contributed by atoms with Crippen molar-refractivity contribution in [3.63, 3.8) is 0 Å². The highest BCUT2D eigenvalue weighted by molar-refractivity contribution is 4.81. The van der Waals surface area contributed by atoms with E-state index < -0.39 is 47.5 Å². The molecule has 0 aliphatic carbocycles. The van der Waals surface area contributed by atoms with Crippen LogP contribution in [0.2, 0.25) is 0 Å². The van der Waals surface area contributed by atoms with Gasteiger partial charge in [-0.2, -0.15) is 0 Å². The molecule has 0 aliphatic rings. The monoisotopic (exact) mass is 718 g/mol. The second-order valence-corrected chi connectivity index (χ2v) is 14.0. The fraction of sp³-hybridized carbons (Fsp3) is 1.00. The number of rotatable bonds is 34. The third kappa shape index (κ3) is 27.7. The van der Waals surface area contributed by atoms with E-state index in [2.05, 4.69) is 0 Å². The van der Waals surface area contributed by atoms with Crippen molar-refractivity contribution in [3.8, 4) is 0 Å². The van der Waals surface area contributed by atoms with Crippen LogP contribution in [0.1, 0.15) is 55.4 Å². The molecular formula is C34H70O15. The van der Waals surface area contributed by atoms with Gasteiger partial charge in [0, 0.05) is 0 Å². The molecule has 0 heterocycles. The third-order valence-corrected chi connectivity index (χ3v) is 6.59. The Bertz CT molecular complexity index is 619. The first-order chi connectivity index (χ1) is 23.0. The second kappa shape index (κ2) is 28.0. The first kappa shape index (κ1) is 48.4. The maximum absolute atomic E-state index is 9.70. The Morgan fingerprint density at radius 3 is 0.633 bits per heavy atom. The summed E-state index contributed by atoms with van der Waals surface area (Å²) in [5.74, 6) is 0. The average Bonchev–Trinajstić information content (AvgIpc) is 2.96. The standard InChI is InChI=1S/C34H70O15/c1-25(35)9-41-17-33(18-42-10-26(2)36,19-43-11-27(3)37)23-47-15-31(7)49-32(8)16-48-24-34(20-44-12-28(4)38,21-45-13-29(5)39)22-46-14-30(6)40/h25-32,35-40H,9-24H2,1-8H3. The SMILES string of the molecule is CC(O)COCC(COCC(C)O)(COCC(C)O)COCC(C)OC(C)COCC(COCC(C)O)(COCC(C)O)COCC(C)O. The summed E-state index contributed by atoms with van der Waals surface area (Å²) in [6.07, 6.45) is -4.63. The van der Waals surface area contributed by atoms with E-state index in [0.29, 0.717) is 0 Å². The quantitative estimate of drug-likeness (QED) is 0.0525. The zero-order valence-electron chi connectivity index (χ0n) is 31.3. The molecule has 8 atom stereocenters. The van der Waals surface area contributed by atoms with E-state index in [-0.39, 0.29) is 118 Å². The molecular weight excluding hydrogens is 648 g/mol. The molecule has 0 radical (unpaired) electrons. The number of aliphatic hydroxyl groups excluding tert-OH is 6. The van der Waals surface area contributed by atoms with E-state index in [1.54, 1.807) is 41.5 Å². The Labute approximate surface area is 294 Å². The summed E-state index contributed by atoms with van der Waals surface area (Å²) < 4.78 is 52.8. The fourth-order valence-corrected chi connectivity index (χ4v) is 4.53. The van der Waals surface area contributed by atoms with Crippen LogP contribution in [-0.2, 0) is 42.6 Å². The molecule has 49 heavy (non-hydrogen) atoms. The topological polar surface area (TPSA) is 204 Å². The van der Waals surface area contributed by atoms with Gasteiger partial charge in [0.15, 0.2) is 0 Å². The molecule has 0 aromatic rings. The molecule has 0 saturated carbocycles. The summed E-state index contributed by atoms with van der Waals surface area (Å²) in [6, 6.07) is 0. The minimum atomic E-state index is -0.780. The summed E-state index contributed by atoms with van der Waals surface area (Å²) in [5, 5.41) is 58.2. The van der Waals surface area contributed by atoms with Crippen molar-refractivity contribution in [2.45, 2.75) is 104 Å². The highest BCUT2D eigenvalue weighted by Gasteiger charge is 2.35. The predicted molar refractivity (Wildman–Crippen MR) is 182 cm³/mol. The molecule has 0 saturated heterocycles. The smallest absolute Gasteiger partial charge is 0.0785 e. The lowest BCUT2D eigenvalue weighted by molar-refractivity contribution is -0.145. The molecule has 0 aromatic heterocycles. The Balaban J connectivity index is 5.33. The number of ether oxygens (including phenoxy) is 9. The average molecular weight is 719 g/mol. The fourth-order valence-electron chi connectivity index (χ4n) is 4.53. The lowest BCUT2D eigenvalue weighted by Crippen LogP contribution is -2.44. The van der Waals surface area contributed by atoms with Crippen LogP contribution in [-0.4, -0.2) is 185 Å². The molecule has 0 aliphatic heterocycles. The molecule has 0 rings (SSSR count). The van der Waals surface area contributed by atoms with Crippen LogP contribution in [0.3, 0.4) is 0 Å². The van der Waals surface area contributed by atoms with Crippen molar-refractivity contribution in [2.75, 3.05) is 106 Å². The van der Waals surface area contributed by atoms with E-state index in [0.717, 1.165) is 0 Å². The van der Waals surface area contributed by atoms with E-state index >= 15 is 0 Å². The van der Waals surface area contributed by atoms with Gasteiger partial charge in [0.1, 0.15) is 0 Å². The molecule has 0 aromatic carbocycles. The highest BCUT2D eigenvalue weighted by Crippen LogP contribution is 2.23. The predicted octanol–water partition coefficient (Wildman–Crippen LogP) is 0.170. The molecule has 15 heteroatoms. The van der Waals surface area contributed by atoms with Gasteiger partial charge >= 0.3 is 0 Å². The van der Waals surface area contributed by atoms with Crippen molar-refractivity contribution < 1.29 is 73.3 Å². The van der Waals surface area contributed by atoms with Gasteiger partial charge in [-0.05, 0) is 55.4 Å².